The number of likely N-dealkylation sites (tertiary alicyclic amines) is 1. The summed E-state index contributed by atoms with van der Waals surface area (Å²) in [5.74, 6) is 1.63. The Morgan fingerprint density at radius 2 is 2.26 bits per heavy atom. The topological polar surface area (TPSA) is 41.1 Å². The summed E-state index contributed by atoms with van der Waals surface area (Å²) in [5, 5.41) is 3.53. The molecule has 0 saturated carbocycles. The first kappa shape index (κ1) is 13.0. The first-order chi connectivity index (χ1) is 9.20. The van der Waals surface area contributed by atoms with Crippen molar-refractivity contribution < 1.29 is 0 Å². The molecule has 0 aliphatic carbocycles. The fourth-order valence-electron chi connectivity index (χ4n) is 3.28. The van der Waals surface area contributed by atoms with Gasteiger partial charge in [-0.3, -0.25) is 0 Å². The van der Waals surface area contributed by atoms with Crippen LogP contribution in [0, 0.1) is 6.92 Å². The molecule has 2 fully saturated rings. The highest BCUT2D eigenvalue weighted by atomic mass is 15.1. The van der Waals surface area contributed by atoms with Gasteiger partial charge in [0, 0.05) is 36.3 Å². The van der Waals surface area contributed by atoms with E-state index in [1.807, 2.05) is 0 Å². The Hall–Kier alpha value is -1.00. The van der Waals surface area contributed by atoms with E-state index >= 15 is 0 Å². The van der Waals surface area contributed by atoms with Gasteiger partial charge in [-0.25, -0.2) is 9.97 Å². The summed E-state index contributed by atoms with van der Waals surface area (Å²) in [5.41, 5.74) is 2.37. The minimum absolute atomic E-state index is 0.584. The molecule has 0 aromatic carbocycles. The van der Waals surface area contributed by atoms with Gasteiger partial charge in [0.05, 0.1) is 0 Å². The van der Waals surface area contributed by atoms with Crippen molar-refractivity contribution in [2.24, 2.45) is 0 Å². The predicted octanol–water partition coefficient (Wildman–Crippen LogP) is 1.50. The Morgan fingerprint density at radius 3 is 2.95 bits per heavy atom. The van der Waals surface area contributed by atoms with Crippen molar-refractivity contribution in [3.8, 4) is 0 Å². The van der Waals surface area contributed by atoms with Crippen LogP contribution in [0.2, 0.25) is 0 Å². The van der Waals surface area contributed by atoms with Crippen molar-refractivity contribution in [2.75, 3.05) is 26.7 Å². The molecule has 2 saturated heterocycles. The molecule has 0 bridgehead atoms. The summed E-state index contributed by atoms with van der Waals surface area (Å²) in [7, 11) is 2.19. The van der Waals surface area contributed by atoms with Gasteiger partial charge in [0.25, 0.3) is 0 Å². The van der Waals surface area contributed by atoms with Crippen molar-refractivity contribution in [2.45, 2.75) is 44.6 Å². The number of rotatable bonds is 3. The average molecular weight is 260 g/mol. The number of hydrogen-bond donors (Lipinski definition) is 1. The van der Waals surface area contributed by atoms with Crippen LogP contribution < -0.4 is 5.32 Å². The van der Waals surface area contributed by atoms with Gasteiger partial charge >= 0.3 is 0 Å². The maximum Gasteiger partial charge on any atom is 0.130 e. The highest BCUT2D eigenvalue weighted by Gasteiger charge is 2.23. The minimum Gasteiger partial charge on any atom is -0.314 e. The number of aryl methyl sites for hydroxylation is 1. The third kappa shape index (κ3) is 3.12. The van der Waals surface area contributed by atoms with Crippen molar-refractivity contribution in [1.82, 2.24) is 20.2 Å². The van der Waals surface area contributed by atoms with E-state index in [0.717, 1.165) is 31.0 Å². The molecule has 1 aromatic rings. The van der Waals surface area contributed by atoms with E-state index in [2.05, 4.69) is 35.2 Å². The number of nitrogens with one attached hydrogen (secondary N) is 1. The molecule has 0 spiro atoms. The Bertz CT molecular complexity index is 440. The van der Waals surface area contributed by atoms with Gasteiger partial charge in [0.15, 0.2) is 0 Å². The number of likely N-dealkylation sites (N-methyl/N-ethyl adjacent to an activating group) is 1. The van der Waals surface area contributed by atoms with Gasteiger partial charge in [-0.1, -0.05) is 0 Å². The molecular weight excluding hydrogens is 236 g/mol. The highest BCUT2D eigenvalue weighted by Crippen LogP contribution is 2.25. The maximum absolute atomic E-state index is 4.84. The molecule has 4 nitrogen and oxygen atoms in total. The van der Waals surface area contributed by atoms with E-state index in [0.29, 0.717) is 12.0 Å². The van der Waals surface area contributed by atoms with Crippen LogP contribution in [0.15, 0.2) is 6.07 Å². The van der Waals surface area contributed by atoms with Gasteiger partial charge < -0.3 is 10.2 Å². The lowest BCUT2D eigenvalue weighted by Gasteiger charge is -2.14. The van der Waals surface area contributed by atoms with Crippen LogP contribution >= 0.6 is 0 Å². The summed E-state index contributed by atoms with van der Waals surface area (Å²) in [6.07, 6.45) is 4.76. The second-order valence-electron chi connectivity index (χ2n) is 6.10. The van der Waals surface area contributed by atoms with E-state index in [9.17, 15) is 0 Å². The zero-order valence-corrected chi connectivity index (χ0v) is 12.0. The predicted molar refractivity (Wildman–Crippen MR) is 76.4 cm³/mol. The third-order valence-electron chi connectivity index (χ3n) is 4.32. The van der Waals surface area contributed by atoms with Crippen LogP contribution in [0.4, 0.5) is 0 Å². The zero-order valence-electron chi connectivity index (χ0n) is 12.0. The second kappa shape index (κ2) is 5.55. The molecule has 0 radical (unpaired) electrons. The second-order valence-corrected chi connectivity index (χ2v) is 6.10. The standard InChI is InChI=1S/C15H24N4/c1-11-8-14(12-5-7-19(2)10-12)18-15(17-11)9-13-4-3-6-16-13/h8,12-13,16H,3-7,9-10H2,1-2H3. The van der Waals surface area contributed by atoms with E-state index in [1.54, 1.807) is 0 Å². The summed E-state index contributed by atoms with van der Waals surface area (Å²) in [6, 6.07) is 2.76. The van der Waals surface area contributed by atoms with Gasteiger partial charge in [0.1, 0.15) is 5.82 Å². The molecule has 3 rings (SSSR count). The van der Waals surface area contributed by atoms with Crippen molar-refractivity contribution in [1.29, 1.82) is 0 Å². The molecule has 104 valence electrons. The quantitative estimate of drug-likeness (QED) is 0.894. The summed E-state index contributed by atoms with van der Waals surface area (Å²) < 4.78 is 0. The monoisotopic (exact) mass is 260 g/mol. The SMILES string of the molecule is Cc1cc(C2CCN(C)C2)nc(CC2CCCN2)n1. The molecule has 2 aliphatic heterocycles. The van der Waals surface area contributed by atoms with E-state index < -0.39 is 0 Å². The van der Waals surface area contributed by atoms with Crippen LogP contribution in [0.3, 0.4) is 0 Å². The Balaban J connectivity index is 1.75. The lowest BCUT2D eigenvalue weighted by Crippen LogP contribution is -2.25. The minimum atomic E-state index is 0.584. The maximum atomic E-state index is 4.84. The smallest absolute Gasteiger partial charge is 0.130 e. The molecule has 3 heterocycles. The zero-order chi connectivity index (χ0) is 13.2. The molecule has 0 amide bonds. The molecule has 1 N–H and O–H groups in total. The molecule has 2 aliphatic rings. The fourth-order valence-corrected chi connectivity index (χ4v) is 3.28. The Kier molecular flexibility index (Phi) is 3.80. The van der Waals surface area contributed by atoms with Crippen LogP contribution in [0.1, 0.15) is 42.4 Å². The van der Waals surface area contributed by atoms with Gasteiger partial charge in [-0.2, -0.15) is 0 Å². The Morgan fingerprint density at radius 1 is 1.37 bits per heavy atom. The summed E-state index contributed by atoms with van der Waals surface area (Å²) in [6.45, 7) is 5.57. The summed E-state index contributed by atoms with van der Waals surface area (Å²) in [4.78, 5) is 11.8. The molecule has 2 unspecified atom stereocenters. The highest BCUT2D eigenvalue weighted by molar-refractivity contribution is 5.16. The normalized spacial score (nSPS) is 28.1. The van der Waals surface area contributed by atoms with Crippen LogP contribution in [-0.4, -0.2) is 47.6 Å². The van der Waals surface area contributed by atoms with Crippen molar-refractivity contribution in [3.05, 3.63) is 23.3 Å². The third-order valence-corrected chi connectivity index (χ3v) is 4.32. The van der Waals surface area contributed by atoms with E-state index in [-0.39, 0.29) is 0 Å². The van der Waals surface area contributed by atoms with Crippen LogP contribution in [0.5, 0.6) is 0 Å². The van der Waals surface area contributed by atoms with Gasteiger partial charge in [-0.05, 0) is 52.4 Å². The molecule has 19 heavy (non-hydrogen) atoms. The lowest BCUT2D eigenvalue weighted by atomic mass is 10.0. The number of nitrogens with zero attached hydrogens (tertiary/aromatic N) is 3. The van der Waals surface area contributed by atoms with Gasteiger partial charge in [-0.15, -0.1) is 0 Å². The average Bonchev–Trinajstić information content (AvgIpc) is 3.00. The van der Waals surface area contributed by atoms with Crippen molar-refractivity contribution >= 4 is 0 Å². The van der Waals surface area contributed by atoms with Gasteiger partial charge in [0.2, 0.25) is 0 Å². The largest absolute Gasteiger partial charge is 0.314 e. The van der Waals surface area contributed by atoms with E-state index in [1.165, 1.54) is 31.5 Å². The molecule has 1 aromatic heterocycles. The lowest BCUT2D eigenvalue weighted by molar-refractivity contribution is 0.410. The number of hydrogen-bond acceptors (Lipinski definition) is 4. The first-order valence-corrected chi connectivity index (χ1v) is 7.47. The molecule has 2 atom stereocenters. The van der Waals surface area contributed by atoms with Crippen molar-refractivity contribution in [3.63, 3.8) is 0 Å². The Labute approximate surface area is 115 Å². The van der Waals surface area contributed by atoms with Crippen LogP contribution in [0.25, 0.3) is 0 Å². The molecule has 4 heteroatoms. The fraction of sp³-hybridized carbons (Fsp3) is 0.733. The molecular formula is C15H24N4. The number of aromatic nitrogens is 2. The van der Waals surface area contributed by atoms with E-state index in [4.69, 9.17) is 4.98 Å². The van der Waals surface area contributed by atoms with Crippen LogP contribution in [-0.2, 0) is 6.42 Å². The first-order valence-electron chi connectivity index (χ1n) is 7.47. The summed E-state index contributed by atoms with van der Waals surface area (Å²) >= 11 is 0.